The number of amides is 1. The second-order valence-corrected chi connectivity index (χ2v) is 6.65. The van der Waals surface area contributed by atoms with E-state index in [9.17, 15) is 9.90 Å². The molecular weight excluding hydrogens is 290 g/mol. The number of thiazole rings is 1. The van der Waals surface area contributed by atoms with Gasteiger partial charge in [-0.15, -0.1) is 11.3 Å². The van der Waals surface area contributed by atoms with Crippen LogP contribution in [0.4, 0.5) is 4.79 Å². The molecule has 0 bridgehead atoms. The van der Waals surface area contributed by atoms with Gasteiger partial charge in [-0.3, -0.25) is 0 Å². The lowest BCUT2D eigenvalue weighted by Gasteiger charge is -2.28. The summed E-state index contributed by atoms with van der Waals surface area (Å²) in [5.41, 5.74) is 2.24. The standard InChI is InChI=1S/C14H25N3O3S/c1-11(18)8-17(13(19)20-14(2,3)4)6-5-15-7-12-9-21-10-16-12/h9-11,15,18H,5-8H2,1-4H3. The van der Waals surface area contributed by atoms with E-state index in [2.05, 4.69) is 10.3 Å². The second-order valence-electron chi connectivity index (χ2n) is 5.93. The van der Waals surface area contributed by atoms with Crippen LogP contribution < -0.4 is 5.32 Å². The molecule has 0 aromatic carbocycles. The van der Waals surface area contributed by atoms with Crippen molar-refractivity contribution >= 4 is 17.4 Å². The van der Waals surface area contributed by atoms with Crippen LogP contribution in [0.3, 0.4) is 0 Å². The number of carbonyl (C=O) groups excluding carboxylic acids is 1. The molecule has 1 amide bonds. The third kappa shape index (κ3) is 7.99. The van der Waals surface area contributed by atoms with E-state index in [1.54, 1.807) is 23.8 Å². The Labute approximate surface area is 130 Å². The fraction of sp³-hybridized carbons (Fsp3) is 0.714. The lowest BCUT2D eigenvalue weighted by atomic mass is 10.2. The van der Waals surface area contributed by atoms with Crippen molar-refractivity contribution in [3.63, 3.8) is 0 Å². The van der Waals surface area contributed by atoms with E-state index in [0.717, 1.165) is 5.69 Å². The Kier molecular flexibility index (Phi) is 7.07. The lowest BCUT2D eigenvalue weighted by molar-refractivity contribution is 0.0164. The van der Waals surface area contributed by atoms with Crippen LogP contribution in [-0.2, 0) is 11.3 Å². The Bertz CT molecular complexity index is 416. The average molecular weight is 315 g/mol. The highest BCUT2D eigenvalue weighted by molar-refractivity contribution is 7.07. The van der Waals surface area contributed by atoms with Gasteiger partial charge >= 0.3 is 6.09 Å². The molecule has 1 aromatic heterocycles. The molecule has 0 saturated carbocycles. The molecule has 0 saturated heterocycles. The van der Waals surface area contributed by atoms with Gasteiger partial charge in [-0.1, -0.05) is 0 Å². The molecule has 1 rings (SSSR count). The zero-order chi connectivity index (χ0) is 15.9. The van der Waals surface area contributed by atoms with Crippen molar-refractivity contribution in [2.75, 3.05) is 19.6 Å². The largest absolute Gasteiger partial charge is 0.444 e. The van der Waals surface area contributed by atoms with E-state index in [4.69, 9.17) is 4.74 Å². The molecule has 1 aromatic rings. The summed E-state index contributed by atoms with van der Waals surface area (Å²) in [5, 5.41) is 14.7. The summed E-state index contributed by atoms with van der Waals surface area (Å²) in [4.78, 5) is 17.8. The molecule has 0 radical (unpaired) electrons. The van der Waals surface area contributed by atoms with Crippen molar-refractivity contribution in [1.82, 2.24) is 15.2 Å². The van der Waals surface area contributed by atoms with Gasteiger partial charge in [-0.25, -0.2) is 9.78 Å². The molecular formula is C14H25N3O3S. The molecule has 6 nitrogen and oxygen atoms in total. The molecule has 21 heavy (non-hydrogen) atoms. The molecule has 2 N–H and O–H groups in total. The van der Waals surface area contributed by atoms with Crippen molar-refractivity contribution in [3.8, 4) is 0 Å². The van der Waals surface area contributed by atoms with E-state index in [-0.39, 0.29) is 6.54 Å². The number of carbonyl (C=O) groups is 1. The molecule has 0 aliphatic heterocycles. The number of aromatic nitrogens is 1. The van der Waals surface area contributed by atoms with Crippen molar-refractivity contribution in [1.29, 1.82) is 0 Å². The van der Waals surface area contributed by atoms with E-state index in [1.807, 2.05) is 26.2 Å². The van der Waals surface area contributed by atoms with E-state index in [1.165, 1.54) is 4.90 Å². The topological polar surface area (TPSA) is 74.7 Å². The maximum Gasteiger partial charge on any atom is 0.410 e. The van der Waals surface area contributed by atoms with Crippen molar-refractivity contribution in [2.45, 2.75) is 45.9 Å². The molecule has 0 aliphatic rings. The number of rotatable bonds is 7. The summed E-state index contributed by atoms with van der Waals surface area (Å²) in [7, 11) is 0. The van der Waals surface area contributed by atoms with Crippen LogP contribution in [-0.4, -0.2) is 52.4 Å². The first-order valence-electron chi connectivity index (χ1n) is 7.01. The van der Waals surface area contributed by atoms with Gasteiger partial charge in [0.2, 0.25) is 0 Å². The minimum atomic E-state index is -0.587. The zero-order valence-corrected chi connectivity index (χ0v) is 13.9. The fourth-order valence-corrected chi connectivity index (χ4v) is 2.22. The van der Waals surface area contributed by atoms with Crippen LogP contribution in [0.15, 0.2) is 10.9 Å². The predicted octanol–water partition coefficient (Wildman–Crippen LogP) is 1.85. The summed E-state index contributed by atoms with van der Waals surface area (Å²) < 4.78 is 5.34. The Morgan fingerprint density at radius 2 is 2.29 bits per heavy atom. The minimum Gasteiger partial charge on any atom is -0.444 e. The lowest BCUT2D eigenvalue weighted by Crippen LogP contribution is -2.43. The molecule has 120 valence electrons. The molecule has 7 heteroatoms. The van der Waals surface area contributed by atoms with Gasteiger partial charge in [0, 0.05) is 31.6 Å². The first-order valence-corrected chi connectivity index (χ1v) is 7.96. The van der Waals surface area contributed by atoms with Crippen LogP contribution in [0.1, 0.15) is 33.4 Å². The van der Waals surface area contributed by atoms with E-state index in [0.29, 0.717) is 19.6 Å². The SMILES string of the molecule is CC(O)CN(CCNCc1cscn1)C(=O)OC(C)(C)C. The smallest absolute Gasteiger partial charge is 0.410 e. The Hall–Kier alpha value is -1.18. The maximum absolute atomic E-state index is 12.1. The summed E-state index contributed by atoms with van der Waals surface area (Å²) in [6.45, 7) is 9.14. The summed E-state index contributed by atoms with van der Waals surface area (Å²) in [5.74, 6) is 0. The van der Waals surface area contributed by atoms with Crippen molar-refractivity contribution < 1.29 is 14.6 Å². The van der Waals surface area contributed by atoms with Gasteiger partial charge in [-0.2, -0.15) is 0 Å². The van der Waals surface area contributed by atoms with Gasteiger partial charge in [0.1, 0.15) is 5.60 Å². The molecule has 0 spiro atoms. The maximum atomic E-state index is 12.1. The van der Waals surface area contributed by atoms with Gasteiger partial charge in [0.05, 0.1) is 17.3 Å². The first-order chi connectivity index (χ1) is 9.78. The number of hydrogen-bond acceptors (Lipinski definition) is 6. The third-order valence-electron chi connectivity index (χ3n) is 2.48. The van der Waals surface area contributed by atoms with Crippen LogP contribution in [0.25, 0.3) is 0 Å². The van der Waals surface area contributed by atoms with Crippen LogP contribution in [0, 0.1) is 0 Å². The third-order valence-corrected chi connectivity index (χ3v) is 3.12. The molecule has 1 atom stereocenters. The first kappa shape index (κ1) is 17.9. The summed E-state index contributed by atoms with van der Waals surface area (Å²) in [6, 6.07) is 0. The fourth-order valence-electron chi connectivity index (χ4n) is 1.66. The van der Waals surface area contributed by atoms with Gasteiger partial charge in [0.25, 0.3) is 0 Å². The molecule has 1 unspecified atom stereocenters. The molecule has 0 fully saturated rings. The van der Waals surface area contributed by atoms with Crippen molar-refractivity contribution in [3.05, 3.63) is 16.6 Å². The van der Waals surface area contributed by atoms with Crippen molar-refractivity contribution in [2.24, 2.45) is 0 Å². The van der Waals surface area contributed by atoms with Gasteiger partial charge in [0.15, 0.2) is 0 Å². The Morgan fingerprint density at radius 3 is 2.81 bits per heavy atom. The number of aliphatic hydroxyl groups is 1. The van der Waals surface area contributed by atoms with Crippen LogP contribution in [0.5, 0.6) is 0 Å². The number of hydrogen-bond donors (Lipinski definition) is 2. The van der Waals surface area contributed by atoms with Crippen LogP contribution in [0.2, 0.25) is 0 Å². The Morgan fingerprint density at radius 1 is 1.57 bits per heavy atom. The number of nitrogens with one attached hydrogen (secondary N) is 1. The van der Waals surface area contributed by atoms with Gasteiger partial charge < -0.3 is 20.1 Å². The van der Waals surface area contributed by atoms with Gasteiger partial charge in [-0.05, 0) is 27.7 Å². The summed E-state index contributed by atoms with van der Waals surface area (Å²) >= 11 is 1.55. The predicted molar refractivity (Wildman–Crippen MR) is 83.3 cm³/mol. The second kappa shape index (κ2) is 8.31. The highest BCUT2D eigenvalue weighted by Crippen LogP contribution is 2.10. The quantitative estimate of drug-likeness (QED) is 0.751. The van der Waals surface area contributed by atoms with Crippen LogP contribution >= 0.6 is 11.3 Å². The monoisotopic (exact) mass is 315 g/mol. The van der Waals surface area contributed by atoms with E-state index >= 15 is 0 Å². The molecule has 1 heterocycles. The number of ether oxygens (including phenoxy) is 1. The summed E-state index contributed by atoms with van der Waals surface area (Å²) in [6.07, 6.45) is -0.991. The number of nitrogens with zero attached hydrogens (tertiary/aromatic N) is 2. The normalized spacial score (nSPS) is 13.0. The average Bonchev–Trinajstić information content (AvgIpc) is 2.83. The van der Waals surface area contributed by atoms with E-state index < -0.39 is 17.8 Å². The highest BCUT2D eigenvalue weighted by atomic mass is 32.1. The minimum absolute atomic E-state index is 0.257. The molecule has 0 aliphatic carbocycles. The Balaban J connectivity index is 2.40. The highest BCUT2D eigenvalue weighted by Gasteiger charge is 2.22. The zero-order valence-electron chi connectivity index (χ0n) is 13.1. The number of aliphatic hydroxyl groups excluding tert-OH is 1.